The largest absolute Gasteiger partial charge is 0.478 e. The Labute approximate surface area is 209 Å². The van der Waals surface area contributed by atoms with Gasteiger partial charge in [0.2, 0.25) is 0 Å². The van der Waals surface area contributed by atoms with E-state index in [9.17, 15) is 19.2 Å². The molecular formula is C27H22N4O6. The van der Waals surface area contributed by atoms with Crippen LogP contribution in [0.5, 0.6) is 0 Å². The number of aromatic carboxylic acids is 2. The van der Waals surface area contributed by atoms with Crippen LogP contribution in [0.25, 0.3) is 30.1 Å². The summed E-state index contributed by atoms with van der Waals surface area (Å²) in [6, 6.07) is 11.8. The zero-order chi connectivity index (χ0) is 26.7. The lowest BCUT2D eigenvalue weighted by Crippen LogP contribution is -2.33. The molecule has 0 amide bonds. The summed E-state index contributed by atoms with van der Waals surface area (Å²) in [4.78, 5) is 47.7. The minimum absolute atomic E-state index is 0.111. The number of carboxylic acids is 2. The molecule has 4 rings (SSSR count). The summed E-state index contributed by atoms with van der Waals surface area (Å²) >= 11 is 0. The Bertz CT molecular complexity index is 1780. The molecule has 4 aromatic rings. The van der Waals surface area contributed by atoms with Crippen molar-refractivity contribution >= 4 is 30.7 Å². The average molecular weight is 498 g/mol. The zero-order valence-electron chi connectivity index (χ0n) is 19.6. The molecule has 0 unspecified atom stereocenters. The van der Waals surface area contributed by atoms with E-state index in [4.69, 9.17) is 10.2 Å². The van der Waals surface area contributed by atoms with Gasteiger partial charge in [0.25, 0.3) is 11.1 Å². The quantitative estimate of drug-likeness (QED) is 0.286. The second-order valence-corrected chi connectivity index (χ2v) is 8.05. The number of aromatic nitrogens is 4. The van der Waals surface area contributed by atoms with Crippen LogP contribution in [0.2, 0.25) is 0 Å². The second-order valence-electron chi connectivity index (χ2n) is 8.05. The molecule has 0 saturated heterocycles. The highest BCUT2D eigenvalue weighted by atomic mass is 16.4. The molecule has 10 nitrogen and oxygen atoms in total. The van der Waals surface area contributed by atoms with Gasteiger partial charge < -0.3 is 10.2 Å². The van der Waals surface area contributed by atoms with Crippen LogP contribution in [0.15, 0.2) is 76.3 Å². The SMILES string of the molecule is C=c1[nH]n(-c2ccc(C(=O)O)cc2)c(=O)/c1=C\C=CC=Cc1c(C)[nH]n(-c2ccc(C(=O)O)cc2)c1=O. The fraction of sp³-hybridized carbons (Fsp3) is 0.0370. The van der Waals surface area contributed by atoms with Crippen molar-refractivity contribution in [1.82, 2.24) is 19.6 Å². The van der Waals surface area contributed by atoms with Crippen LogP contribution >= 0.6 is 0 Å². The van der Waals surface area contributed by atoms with E-state index in [0.717, 1.165) is 0 Å². The van der Waals surface area contributed by atoms with Gasteiger partial charge in [-0.3, -0.25) is 19.8 Å². The van der Waals surface area contributed by atoms with Gasteiger partial charge in [0.05, 0.1) is 38.6 Å². The number of nitrogens with zero attached hydrogens (tertiary/aromatic N) is 2. The molecule has 0 aliphatic heterocycles. The van der Waals surface area contributed by atoms with Crippen molar-refractivity contribution < 1.29 is 19.8 Å². The van der Waals surface area contributed by atoms with Crippen molar-refractivity contribution in [3.63, 3.8) is 0 Å². The van der Waals surface area contributed by atoms with Crippen molar-refractivity contribution in [2.24, 2.45) is 0 Å². The number of hydrogen-bond donors (Lipinski definition) is 4. The lowest BCUT2D eigenvalue weighted by Gasteiger charge is -2.01. The molecule has 0 spiro atoms. The van der Waals surface area contributed by atoms with Crippen LogP contribution in [0.4, 0.5) is 0 Å². The van der Waals surface area contributed by atoms with Gasteiger partial charge in [-0.05, 0) is 67.6 Å². The summed E-state index contributed by atoms with van der Waals surface area (Å²) in [6.45, 7) is 5.60. The van der Waals surface area contributed by atoms with Crippen molar-refractivity contribution in [1.29, 1.82) is 0 Å². The Morgan fingerprint density at radius 3 is 1.81 bits per heavy atom. The van der Waals surface area contributed by atoms with Crippen LogP contribution in [-0.4, -0.2) is 41.7 Å². The summed E-state index contributed by atoms with van der Waals surface area (Å²) in [5, 5.41) is 24.6. The molecule has 4 N–H and O–H groups in total. The van der Waals surface area contributed by atoms with Gasteiger partial charge >= 0.3 is 11.9 Å². The summed E-state index contributed by atoms with van der Waals surface area (Å²) in [6.07, 6.45) is 8.17. The number of carboxylic acid groups (broad SMARTS) is 2. The Morgan fingerprint density at radius 1 is 0.784 bits per heavy atom. The van der Waals surface area contributed by atoms with E-state index in [1.54, 1.807) is 49.4 Å². The van der Waals surface area contributed by atoms with Gasteiger partial charge in [0.15, 0.2) is 0 Å². The molecule has 0 aliphatic carbocycles. The van der Waals surface area contributed by atoms with Crippen molar-refractivity contribution in [3.8, 4) is 11.4 Å². The molecule has 0 fully saturated rings. The van der Waals surface area contributed by atoms with Crippen LogP contribution in [-0.2, 0) is 0 Å². The summed E-state index contributed by atoms with van der Waals surface area (Å²) in [5.41, 5.74) is 1.63. The number of hydrogen-bond acceptors (Lipinski definition) is 4. The van der Waals surface area contributed by atoms with Crippen molar-refractivity contribution in [2.45, 2.75) is 6.92 Å². The standard InChI is InChI=1S/C27H22N4O6/c1-16-22(24(32)30(28-16)20-12-8-18(9-13-20)26(34)35)6-4-3-5-7-23-17(2)29-31(25(23)33)21-14-10-19(11-15-21)27(36)37/h3-15,28-29H,1H2,2H3,(H,34,35)(H,36,37)/b4-3?,7-5?,22-6-. The van der Waals surface area contributed by atoms with Crippen LogP contribution in [0.1, 0.15) is 32.0 Å². The smallest absolute Gasteiger partial charge is 0.335 e. The molecule has 0 bridgehead atoms. The predicted molar refractivity (Wildman–Crippen MR) is 139 cm³/mol. The lowest BCUT2D eigenvalue weighted by molar-refractivity contribution is 0.0686. The van der Waals surface area contributed by atoms with E-state index in [1.165, 1.54) is 45.8 Å². The molecule has 0 atom stereocenters. The number of rotatable bonds is 7. The Kier molecular flexibility index (Phi) is 6.74. The fourth-order valence-corrected chi connectivity index (χ4v) is 3.66. The Morgan fingerprint density at radius 2 is 1.30 bits per heavy atom. The van der Waals surface area contributed by atoms with Gasteiger partial charge in [0.1, 0.15) is 0 Å². The van der Waals surface area contributed by atoms with Crippen LogP contribution in [0, 0.1) is 6.92 Å². The molecule has 10 heteroatoms. The third-order valence-electron chi connectivity index (χ3n) is 5.62. The Hall–Kier alpha value is -5.38. The molecule has 37 heavy (non-hydrogen) atoms. The van der Waals surface area contributed by atoms with E-state index < -0.39 is 11.9 Å². The van der Waals surface area contributed by atoms with Gasteiger partial charge in [-0.25, -0.2) is 19.0 Å². The topological polar surface area (TPSA) is 150 Å². The maximum absolute atomic E-state index is 12.8. The first-order valence-corrected chi connectivity index (χ1v) is 11.0. The Balaban J connectivity index is 1.55. The molecular weight excluding hydrogens is 476 g/mol. The summed E-state index contributed by atoms with van der Waals surface area (Å²) in [7, 11) is 0. The number of nitrogens with one attached hydrogen (secondary N) is 2. The third kappa shape index (κ3) is 5.03. The number of carbonyl (C=O) groups is 2. The van der Waals surface area contributed by atoms with E-state index >= 15 is 0 Å². The highest BCUT2D eigenvalue weighted by molar-refractivity contribution is 5.88. The van der Waals surface area contributed by atoms with Crippen LogP contribution in [0.3, 0.4) is 0 Å². The van der Waals surface area contributed by atoms with Gasteiger partial charge in [-0.15, -0.1) is 0 Å². The number of H-pyrrole nitrogens is 2. The highest BCUT2D eigenvalue weighted by Crippen LogP contribution is 2.11. The number of benzene rings is 2. The lowest BCUT2D eigenvalue weighted by atomic mass is 10.2. The minimum atomic E-state index is -1.06. The first-order valence-electron chi connectivity index (χ1n) is 11.0. The van der Waals surface area contributed by atoms with Gasteiger partial charge in [-0.1, -0.05) is 24.8 Å². The fourth-order valence-electron chi connectivity index (χ4n) is 3.66. The maximum atomic E-state index is 12.8. The first kappa shape index (κ1) is 24.7. The second kappa shape index (κ2) is 10.1. The normalized spacial score (nSPS) is 12.1. The predicted octanol–water partition coefficient (Wildman–Crippen LogP) is 1.81. The number of aryl methyl sites for hydroxylation is 1. The molecule has 0 saturated carbocycles. The maximum Gasteiger partial charge on any atom is 0.335 e. The van der Waals surface area contributed by atoms with Gasteiger partial charge in [-0.2, -0.15) is 0 Å². The van der Waals surface area contributed by atoms with Crippen molar-refractivity contribution in [3.05, 3.63) is 120 Å². The van der Waals surface area contributed by atoms with E-state index in [-0.39, 0.29) is 22.2 Å². The number of aromatic amines is 2. The average Bonchev–Trinajstić information content (AvgIpc) is 3.33. The monoisotopic (exact) mass is 498 g/mol. The van der Waals surface area contributed by atoms with Crippen molar-refractivity contribution in [2.75, 3.05) is 0 Å². The number of allylic oxidation sites excluding steroid dienone is 3. The zero-order valence-corrected chi connectivity index (χ0v) is 19.6. The molecule has 2 aromatic carbocycles. The minimum Gasteiger partial charge on any atom is -0.478 e. The summed E-state index contributed by atoms with van der Waals surface area (Å²) < 4.78 is 2.61. The molecule has 0 radical (unpaired) electrons. The highest BCUT2D eigenvalue weighted by Gasteiger charge is 2.11. The van der Waals surface area contributed by atoms with Crippen LogP contribution < -0.4 is 21.7 Å². The third-order valence-corrected chi connectivity index (χ3v) is 5.62. The van der Waals surface area contributed by atoms with E-state index in [0.29, 0.717) is 33.2 Å². The van der Waals surface area contributed by atoms with E-state index in [2.05, 4.69) is 16.8 Å². The molecule has 2 aromatic heterocycles. The summed E-state index contributed by atoms with van der Waals surface area (Å²) in [5.74, 6) is -2.11. The molecule has 2 heterocycles. The molecule has 0 aliphatic rings. The molecule has 186 valence electrons. The van der Waals surface area contributed by atoms with Gasteiger partial charge in [0, 0.05) is 5.69 Å². The van der Waals surface area contributed by atoms with E-state index in [1.807, 2.05) is 0 Å². The first-order chi connectivity index (χ1) is 17.7.